The van der Waals surface area contributed by atoms with E-state index in [-0.39, 0.29) is 0 Å². The molecule has 19 heavy (non-hydrogen) atoms. The Morgan fingerprint density at radius 3 is 2.84 bits per heavy atom. The molecule has 0 atom stereocenters. The summed E-state index contributed by atoms with van der Waals surface area (Å²) >= 11 is 5.21. The molecule has 3 aromatic rings. The molecule has 6 nitrogen and oxygen atoms in total. The molecule has 3 aromatic heterocycles. The summed E-state index contributed by atoms with van der Waals surface area (Å²) in [5.74, 6) is 0.850. The van der Waals surface area contributed by atoms with Crippen molar-refractivity contribution < 1.29 is 0 Å². The van der Waals surface area contributed by atoms with Crippen LogP contribution in [-0.4, -0.2) is 29.3 Å². The Morgan fingerprint density at radius 1 is 1.42 bits per heavy atom. The van der Waals surface area contributed by atoms with Crippen molar-refractivity contribution in [2.45, 2.75) is 20.4 Å². The van der Waals surface area contributed by atoms with Crippen molar-refractivity contribution in [3.63, 3.8) is 0 Å². The Kier molecular flexibility index (Phi) is 2.70. The summed E-state index contributed by atoms with van der Waals surface area (Å²) in [6.07, 6.45) is 3.44. The first-order chi connectivity index (χ1) is 9.13. The minimum atomic E-state index is 0.510. The normalized spacial score (nSPS) is 11.3. The fourth-order valence-corrected chi connectivity index (χ4v) is 2.45. The maximum absolute atomic E-state index is 5.21. The van der Waals surface area contributed by atoms with Crippen molar-refractivity contribution in [3.8, 4) is 11.4 Å². The van der Waals surface area contributed by atoms with Crippen LogP contribution in [-0.2, 0) is 13.6 Å². The number of nitrogens with zero attached hydrogens (tertiary/aromatic N) is 5. The van der Waals surface area contributed by atoms with E-state index in [1.165, 1.54) is 0 Å². The second-order valence-corrected chi connectivity index (χ2v) is 4.75. The number of rotatable bonds is 2. The zero-order valence-electron chi connectivity index (χ0n) is 11.0. The van der Waals surface area contributed by atoms with Gasteiger partial charge in [0.2, 0.25) is 0 Å². The van der Waals surface area contributed by atoms with Gasteiger partial charge in [0.05, 0.1) is 18.1 Å². The predicted molar refractivity (Wildman–Crippen MR) is 75.3 cm³/mol. The number of hydrogen-bond donors (Lipinski definition) is 1. The highest BCUT2D eigenvalue weighted by Gasteiger charge is 2.16. The fraction of sp³-hybridized carbons (Fsp3) is 0.333. The summed E-state index contributed by atoms with van der Waals surface area (Å²) < 4.78 is 4.44. The Balaban J connectivity index is 2.31. The molecule has 0 unspecified atom stereocenters. The molecular weight excluding hydrogens is 260 g/mol. The summed E-state index contributed by atoms with van der Waals surface area (Å²) in [5.41, 5.74) is 3.71. The van der Waals surface area contributed by atoms with Gasteiger partial charge in [0, 0.05) is 19.3 Å². The second kappa shape index (κ2) is 4.27. The molecule has 0 fully saturated rings. The Hall–Kier alpha value is -2.02. The van der Waals surface area contributed by atoms with Gasteiger partial charge in [-0.2, -0.15) is 5.10 Å². The van der Waals surface area contributed by atoms with Crippen LogP contribution < -0.4 is 0 Å². The van der Waals surface area contributed by atoms with Gasteiger partial charge < -0.3 is 9.55 Å². The van der Waals surface area contributed by atoms with E-state index in [1.807, 2.05) is 29.4 Å². The van der Waals surface area contributed by atoms with Crippen LogP contribution in [0.1, 0.15) is 12.6 Å². The Labute approximate surface area is 115 Å². The Morgan fingerprint density at radius 2 is 2.21 bits per heavy atom. The van der Waals surface area contributed by atoms with Gasteiger partial charge in [-0.25, -0.2) is 9.97 Å². The molecule has 3 rings (SSSR count). The molecule has 0 saturated heterocycles. The van der Waals surface area contributed by atoms with Gasteiger partial charge in [-0.05, 0) is 13.8 Å². The van der Waals surface area contributed by atoms with Gasteiger partial charge in [0.1, 0.15) is 17.0 Å². The van der Waals surface area contributed by atoms with Crippen LogP contribution in [0.5, 0.6) is 0 Å². The van der Waals surface area contributed by atoms with Gasteiger partial charge in [0.15, 0.2) is 4.64 Å². The molecule has 0 bridgehead atoms. The average molecular weight is 274 g/mol. The summed E-state index contributed by atoms with van der Waals surface area (Å²) in [6, 6.07) is 0. The average Bonchev–Trinajstić information content (AvgIpc) is 2.92. The number of fused-ring (bicyclic) bond motifs is 1. The molecule has 0 saturated carbocycles. The van der Waals surface area contributed by atoms with E-state index < -0.39 is 0 Å². The first kappa shape index (κ1) is 12.0. The maximum Gasteiger partial charge on any atom is 0.157 e. The van der Waals surface area contributed by atoms with Gasteiger partial charge in [-0.15, -0.1) is 0 Å². The number of nitrogens with one attached hydrogen (secondary N) is 1. The van der Waals surface area contributed by atoms with Crippen molar-refractivity contribution in [1.82, 2.24) is 29.3 Å². The summed E-state index contributed by atoms with van der Waals surface area (Å²) in [6.45, 7) is 4.95. The third kappa shape index (κ3) is 1.69. The molecule has 7 heteroatoms. The van der Waals surface area contributed by atoms with E-state index >= 15 is 0 Å². The standard InChI is InChI=1S/C12H14N6S/c1-4-18-7(2)8(5-15-18)10-16-9-11(17(10)3)13-6-14-12(9)19/h5-6H,4H2,1-3H3,(H,13,14,19). The van der Waals surface area contributed by atoms with Crippen LogP contribution in [0.25, 0.3) is 22.6 Å². The monoisotopic (exact) mass is 274 g/mol. The van der Waals surface area contributed by atoms with Crippen molar-refractivity contribution in [3.05, 3.63) is 22.9 Å². The summed E-state index contributed by atoms with van der Waals surface area (Å²) in [4.78, 5) is 11.7. The van der Waals surface area contributed by atoms with Gasteiger partial charge in [-0.1, -0.05) is 12.2 Å². The molecule has 0 amide bonds. The van der Waals surface area contributed by atoms with E-state index in [2.05, 4.69) is 27.0 Å². The highest BCUT2D eigenvalue weighted by atomic mass is 32.1. The van der Waals surface area contributed by atoms with Gasteiger partial charge in [0.25, 0.3) is 0 Å². The van der Waals surface area contributed by atoms with Crippen LogP contribution >= 0.6 is 12.2 Å². The van der Waals surface area contributed by atoms with E-state index in [0.717, 1.165) is 34.8 Å². The number of H-pyrrole nitrogens is 1. The topological polar surface area (TPSA) is 64.3 Å². The highest BCUT2D eigenvalue weighted by molar-refractivity contribution is 7.71. The first-order valence-electron chi connectivity index (χ1n) is 6.06. The number of aromatic amines is 1. The number of aryl methyl sites for hydroxylation is 2. The fourth-order valence-electron chi connectivity index (χ4n) is 2.25. The molecule has 3 heterocycles. The van der Waals surface area contributed by atoms with Crippen molar-refractivity contribution in [2.24, 2.45) is 7.05 Å². The Bertz CT molecular complexity index is 809. The zero-order chi connectivity index (χ0) is 13.6. The molecule has 0 spiro atoms. The maximum atomic E-state index is 5.21. The van der Waals surface area contributed by atoms with Crippen LogP contribution in [0.15, 0.2) is 12.5 Å². The number of aromatic nitrogens is 6. The first-order valence-corrected chi connectivity index (χ1v) is 6.47. The molecule has 0 aliphatic heterocycles. The number of hydrogen-bond acceptors (Lipinski definition) is 4. The third-order valence-electron chi connectivity index (χ3n) is 3.32. The smallest absolute Gasteiger partial charge is 0.157 e. The largest absolute Gasteiger partial charge is 0.331 e. The van der Waals surface area contributed by atoms with Crippen molar-refractivity contribution >= 4 is 23.4 Å². The molecule has 0 aliphatic carbocycles. The quantitative estimate of drug-likeness (QED) is 0.728. The van der Waals surface area contributed by atoms with Crippen LogP contribution in [0, 0.1) is 11.6 Å². The van der Waals surface area contributed by atoms with Crippen LogP contribution in [0.2, 0.25) is 0 Å². The summed E-state index contributed by atoms with van der Waals surface area (Å²) in [5, 5.41) is 4.36. The van der Waals surface area contributed by atoms with E-state index in [0.29, 0.717) is 4.64 Å². The number of imidazole rings is 1. The van der Waals surface area contributed by atoms with E-state index in [4.69, 9.17) is 12.2 Å². The lowest BCUT2D eigenvalue weighted by Gasteiger charge is -2.02. The SMILES string of the molecule is CCn1ncc(-c2nc3c(=S)nc[nH]c3n2C)c1C. The molecule has 1 N–H and O–H groups in total. The molecule has 98 valence electrons. The van der Waals surface area contributed by atoms with Crippen LogP contribution in [0.3, 0.4) is 0 Å². The lowest BCUT2D eigenvalue weighted by Crippen LogP contribution is -1.99. The van der Waals surface area contributed by atoms with Gasteiger partial charge in [-0.3, -0.25) is 4.68 Å². The highest BCUT2D eigenvalue weighted by Crippen LogP contribution is 2.25. The molecular formula is C12H14N6S. The van der Waals surface area contributed by atoms with E-state index in [1.54, 1.807) is 6.33 Å². The van der Waals surface area contributed by atoms with Crippen molar-refractivity contribution in [2.75, 3.05) is 0 Å². The second-order valence-electron chi connectivity index (χ2n) is 4.36. The molecule has 0 aliphatic rings. The van der Waals surface area contributed by atoms with Gasteiger partial charge >= 0.3 is 0 Å². The molecule has 0 aromatic carbocycles. The summed E-state index contributed by atoms with van der Waals surface area (Å²) in [7, 11) is 1.96. The minimum absolute atomic E-state index is 0.510. The van der Waals surface area contributed by atoms with E-state index in [9.17, 15) is 0 Å². The third-order valence-corrected chi connectivity index (χ3v) is 3.62. The predicted octanol–water partition coefficient (Wildman–Crippen LogP) is 2.22. The minimum Gasteiger partial charge on any atom is -0.331 e. The lowest BCUT2D eigenvalue weighted by atomic mass is 10.2. The van der Waals surface area contributed by atoms with Crippen molar-refractivity contribution in [1.29, 1.82) is 0 Å². The molecule has 0 radical (unpaired) electrons. The van der Waals surface area contributed by atoms with Crippen LogP contribution in [0.4, 0.5) is 0 Å². The lowest BCUT2D eigenvalue weighted by molar-refractivity contribution is 0.640. The zero-order valence-corrected chi connectivity index (χ0v) is 11.8.